The molecule has 0 atom stereocenters. The Morgan fingerprint density at radius 3 is 0.810 bits per heavy atom. The molecular formula is C70H92N2O8S4. The van der Waals surface area contributed by atoms with Crippen LogP contribution in [0.4, 0.5) is 0 Å². The maximum absolute atomic E-state index is 14.0. The van der Waals surface area contributed by atoms with Crippen LogP contribution in [0.15, 0.2) is 83.9 Å². The Morgan fingerprint density at radius 1 is 0.298 bits per heavy atom. The highest BCUT2D eigenvalue weighted by Crippen LogP contribution is 2.49. The van der Waals surface area contributed by atoms with Gasteiger partial charge < -0.3 is 39.1 Å². The van der Waals surface area contributed by atoms with Crippen LogP contribution in [0.2, 0.25) is 0 Å². The molecule has 2 amide bonds. The number of rotatable bonds is 42. The first kappa shape index (κ1) is 64.5. The van der Waals surface area contributed by atoms with Crippen LogP contribution in [0.25, 0.3) is 51.8 Å². The van der Waals surface area contributed by atoms with E-state index in [-0.39, 0.29) is 11.8 Å². The molecule has 6 heterocycles. The number of carbonyl (C=O) groups is 2. The molecule has 2 N–H and O–H groups in total. The van der Waals surface area contributed by atoms with E-state index in [2.05, 4.69) is 113 Å². The van der Waals surface area contributed by atoms with Crippen LogP contribution >= 0.6 is 45.3 Å². The predicted octanol–water partition coefficient (Wildman–Crippen LogP) is 20.7. The summed E-state index contributed by atoms with van der Waals surface area (Å²) in [6.07, 6.45) is 26.8. The predicted molar refractivity (Wildman–Crippen MR) is 354 cm³/mol. The summed E-state index contributed by atoms with van der Waals surface area (Å²) >= 11 is 6.54. The molecule has 0 bridgehead atoms. The van der Waals surface area contributed by atoms with Crippen LogP contribution in [0.3, 0.4) is 0 Å². The molecule has 0 fully saturated rings. The average Bonchev–Trinajstić information content (AvgIpc) is 4.01. The Hall–Kier alpha value is -5.54. The van der Waals surface area contributed by atoms with E-state index in [9.17, 15) is 9.59 Å². The van der Waals surface area contributed by atoms with Gasteiger partial charge in [0.25, 0.3) is 11.8 Å². The van der Waals surface area contributed by atoms with E-state index in [1.165, 1.54) is 77.0 Å². The third-order valence-electron chi connectivity index (χ3n) is 15.2. The standard InChI is InChI=1S/C70H92N2O8S4/c1-7-13-19-25-39-75-51-45-49(46-52(76-40-26-20-14-8-2)67(51)79-43-29-23-17-11-5)55-31-33-57(81-55)59-35-37-61(83-59)65-63-64(70(74)71-65)66(72-69(63)73)62-38-36-60(84-62)58-34-32-56(82-58)50-47-53(77-41-27-21-15-9-3)68(80-44-30-24-18-12-6)54(48-50)78-42-28-22-16-10-4/h31-38,45-48H,7-30,39-44H2,1-6H3,(H,71,74)(H,72,73). The van der Waals surface area contributed by atoms with Crippen LogP contribution in [0.5, 0.6) is 34.5 Å². The van der Waals surface area contributed by atoms with Crippen molar-refractivity contribution in [2.45, 2.75) is 196 Å². The fourth-order valence-corrected chi connectivity index (χ4v) is 14.6. The molecule has 2 aliphatic heterocycles. The topological polar surface area (TPSA) is 114 Å². The Labute approximate surface area is 517 Å². The number of nitrogens with one attached hydrogen (secondary N) is 2. The second-order valence-corrected chi connectivity index (χ2v) is 26.5. The molecule has 0 spiro atoms. The number of ether oxygens (including phenoxy) is 6. The van der Waals surface area contributed by atoms with Gasteiger partial charge in [0.1, 0.15) is 0 Å². The van der Waals surface area contributed by atoms with Gasteiger partial charge in [0, 0.05) is 29.3 Å². The summed E-state index contributed by atoms with van der Waals surface area (Å²) in [5, 5.41) is 6.21. The fraction of sp³-hybridized carbons (Fsp3) is 0.514. The van der Waals surface area contributed by atoms with E-state index in [1.807, 2.05) is 12.1 Å². The van der Waals surface area contributed by atoms with Gasteiger partial charge in [-0.25, -0.2) is 0 Å². The molecule has 0 radical (unpaired) electrons. The molecule has 8 rings (SSSR count). The van der Waals surface area contributed by atoms with Gasteiger partial charge in [-0.2, -0.15) is 0 Å². The molecule has 454 valence electrons. The van der Waals surface area contributed by atoms with Crippen molar-refractivity contribution in [1.82, 2.24) is 10.6 Å². The van der Waals surface area contributed by atoms with Crippen LogP contribution in [-0.2, 0) is 9.59 Å². The average molecular weight is 1220 g/mol. The van der Waals surface area contributed by atoms with Gasteiger partial charge >= 0.3 is 0 Å². The van der Waals surface area contributed by atoms with Crippen molar-refractivity contribution < 1.29 is 38.0 Å². The molecule has 0 saturated heterocycles. The van der Waals surface area contributed by atoms with E-state index in [0.29, 0.717) is 73.7 Å². The van der Waals surface area contributed by atoms with Gasteiger partial charge in [0.2, 0.25) is 11.5 Å². The molecule has 84 heavy (non-hydrogen) atoms. The summed E-state index contributed by atoms with van der Waals surface area (Å²) in [5.41, 5.74) is 3.91. The lowest BCUT2D eigenvalue weighted by molar-refractivity contribution is -0.117. The van der Waals surface area contributed by atoms with Crippen molar-refractivity contribution in [3.63, 3.8) is 0 Å². The van der Waals surface area contributed by atoms with Crippen LogP contribution in [0, 0.1) is 0 Å². The number of thiophene rings is 4. The summed E-state index contributed by atoms with van der Waals surface area (Å²) in [6, 6.07) is 25.3. The molecule has 2 aromatic carbocycles. The summed E-state index contributed by atoms with van der Waals surface area (Å²) in [6.45, 7) is 17.1. The van der Waals surface area contributed by atoms with Crippen molar-refractivity contribution in [1.29, 1.82) is 0 Å². The van der Waals surface area contributed by atoms with Crippen molar-refractivity contribution in [3.05, 3.63) is 93.7 Å². The molecule has 4 aromatic heterocycles. The van der Waals surface area contributed by atoms with E-state index < -0.39 is 0 Å². The summed E-state index contributed by atoms with van der Waals surface area (Å²) < 4.78 is 39.3. The summed E-state index contributed by atoms with van der Waals surface area (Å²) in [5.74, 6) is 3.77. The van der Waals surface area contributed by atoms with Crippen LogP contribution in [0.1, 0.15) is 205 Å². The zero-order valence-corrected chi connectivity index (χ0v) is 54.3. The van der Waals surface area contributed by atoms with Gasteiger partial charge in [-0.15, -0.1) is 45.3 Å². The molecule has 6 aromatic rings. The van der Waals surface area contributed by atoms with Crippen molar-refractivity contribution in [2.24, 2.45) is 0 Å². The van der Waals surface area contributed by atoms with Crippen molar-refractivity contribution in [2.75, 3.05) is 39.6 Å². The first-order valence-corrected chi connectivity index (χ1v) is 35.2. The summed E-state index contributed by atoms with van der Waals surface area (Å²) in [7, 11) is 0. The molecular weight excluding hydrogens is 1130 g/mol. The largest absolute Gasteiger partial charge is 0.490 e. The number of hydrogen-bond acceptors (Lipinski definition) is 12. The lowest BCUT2D eigenvalue weighted by Crippen LogP contribution is -2.20. The van der Waals surface area contributed by atoms with Gasteiger partial charge in [0.05, 0.1) is 71.9 Å². The zero-order valence-electron chi connectivity index (χ0n) is 51.0. The first-order chi connectivity index (χ1) is 41.3. The highest BCUT2D eigenvalue weighted by Gasteiger charge is 2.42. The van der Waals surface area contributed by atoms with Crippen molar-refractivity contribution in [3.8, 4) is 74.9 Å². The molecule has 0 saturated carbocycles. The number of unbranched alkanes of at least 4 members (excludes halogenated alkanes) is 18. The maximum atomic E-state index is 14.0. The van der Waals surface area contributed by atoms with E-state index in [0.717, 1.165) is 150 Å². The fourth-order valence-electron chi connectivity index (χ4n) is 10.4. The molecule has 0 aliphatic carbocycles. The van der Waals surface area contributed by atoms with Crippen LogP contribution < -0.4 is 39.1 Å². The molecule has 0 unspecified atom stereocenters. The lowest BCUT2D eigenvalue weighted by atomic mass is 10.1. The van der Waals surface area contributed by atoms with Crippen LogP contribution in [-0.4, -0.2) is 51.5 Å². The Balaban J connectivity index is 1.02. The lowest BCUT2D eigenvalue weighted by Gasteiger charge is -2.19. The molecule has 10 nitrogen and oxygen atoms in total. The zero-order chi connectivity index (χ0) is 58.9. The SMILES string of the molecule is CCCCCCOc1cc(-c2ccc(-c3ccc(C4=C5C(=O)NC(c6ccc(-c7ccc(-c8cc(OCCCCCC)c(OCCCCCC)c(OCCCCCC)c8)s7)s6)=C5C(=O)N4)s3)s2)cc(OCCCCCC)c1OCCCCCC. The minimum Gasteiger partial charge on any atom is -0.490 e. The molecule has 14 heteroatoms. The van der Waals surface area contributed by atoms with E-state index >= 15 is 0 Å². The monoisotopic (exact) mass is 1220 g/mol. The molecule has 2 aliphatic rings. The number of hydrogen-bond donors (Lipinski definition) is 2. The van der Waals surface area contributed by atoms with Gasteiger partial charge in [-0.05, 0) is 122 Å². The number of fused-ring (bicyclic) bond motifs is 1. The van der Waals surface area contributed by atoms with Gasteiger partial charge in [-0.3, -0.25) is 9.59 Å². The highest BCUT2D eigenvalue weighted by molar-refractivity contribution is 7.25. The van der Waals surface area contributed by atoms with E-state index in [4.69, 9.17) is 28.4 Å². The maximum Gasteiger partial charge on any atom is 0.258 e. The quantitative estimate of drug-likeness (QED) is 0.0364. The summed E-state index contributed by atoms with van der Waals surface area (Å²) in [4.78, 5) is 36.1. The Morgan fingerprint density at radius 2 is 0.536 bits per heavy atom. The minimum absolute atomic E-state index is 0.282. The van der Waals surface area contributed by atoms with Gasteiger partial charge in [0.15, 0.2) is 23.0 Å². The normalized spacial score (nSPS) is 13.0. The number of benzene rings is 2. The Kier molecular flexibility index (Phi) is 26.5. The smallest absolute Gasteiger partial charge is 0.258 e. The Bertz CT molecular complexity index is 2810. The van der Waals surface area contributed by atoms with Gasteiger partial charge in [-0.1, -0.05) is 157 Å². The number of carbonyl (C=O) groups excluding carboxylic acids is 2. The highest BCUT2D eigenvalue weighted by atomic mass is 32.1. The third kappa shape index (κ3) is 17.8. The second kappa shape index (κ2) is 34.6. The number of amides is 2. The minimum atomic E-state index is -0.282. The van der Waals surface area contributed by atoms with Crippen molar-refractivity contribution >= 4 is 68.6 Å². The third-order valence-corrected chi connectivity index (χ3v) is 20.1. The second-order valence-electron chi connectivity index (χ2n) is 22.1. The first-order valence-electron chi connectivity index (χ1n) is 31.9. The van der Waals surface area contributed by atoms with E-state index in [1.54, 1.807) is 45.3 Å².